The average Bonchev–Trinajstić information content (AvgIpc) is 2.56. The van der Waals surface area contributed by atoms with Crippen molar-refractivity contribution >= 4 is 17.9 Å². The number of nitrogen functional groups attached to an aromatic ring is 1. The molecular formula is C15H16FN5O3. The predicted octanol–water partition coefficient (Wildman–Crippen LogP) is 1.79. The number of rotatable bonds is 3. The monoisotopic (exact) mass is 333 g/mol. The number of nitrogens with two attached hydrogens (primary N) is 1. The van der Waals surface area contributed by atoms with Crippen molar-refractivity contribution < 1.29 is 19.0 Å². The van der Waals surface area contributed by atoms with Crippen molar-refractivity contribution in [2.45, 2.75) is 0 Å². The van der Waals surface area contributed by atoms with Gasteiger partial charge in [-0.3, -0.25) is 0 Å². The number of piperazine rings is 1. The number of carboxylic acid groups (broad SMARTS) is 1. The lowest BCUT2D eigenvalue weighted by Crippen LogP contribution is -2.48. The Bertz CT molecular complexity index is 732. The minimum absolute atomic E-state index is 0.234. The smallest absolute Gasteiger partial charge is 0.407 e. The lowest BCUT2D eigenvalue weighted by molar-refractivity contribution is 0.142. The van der Waals surface area contributed by atoms with Gasteiger partial charge in [0.25, 0.3) is 0 Å². The Morgan fingerprint density at radius 2 is 1.83 bits per heavy atom. The Hall–Kier alpha value is -3.10. The molecule has 1 saturated heterocycles. The van der Waals surface area contributed by atoms with Crippen LogP contribution < -0.4 is 15.4 Å². The molecular weight excluding hydrogens is 317 g/mol. The summed E-state index contributed by atoms with van der Waals surface area (Å²) >= 11 is 0. The van der Waals surface area contributed by atoms with E-state index in [0.29, 0.717) is 37.9 Å². The van der Waals surface area contributed by atoms with Crippen LogP contribution in [0, 0.1) is 5.82 Å². The molecule has 0 saturated carbocycles. The molecule has 3 N–H and O–H groups in total. The van der Waals surface area contributed by atoms with Crippen molar-refractivity contribution in [2.75, 3.05) is 36.8 Å². The van der Waals surface area contributed by atoms with Crippen molar-refractivity contribution in [3.05, 3.63) is 36.1 Å². The molecule has 0 aliphatic carbocycles. The number of nitrogens with zero attached hydrogens (tertiary/aromatic N) is 4. The number of hydrogen-bond donors (Lipinski definition) is 2. The number of amides is 1. The lowest BCUT2D eigenvalue weighted by atomic mass is 10.3. The highest BCUT2D eigenvalue weighted by atomic mass is 19.1. The molecule has 3 rings (SSSR count). The van der Waals surface area contributed by atoms with Crippen LogP contribution in [0.2, 0.25) is 0 Å². The first-order valence-electron chi connectivity index (χ1n) is 7.32. The van der Waals surface area contributed by atoms with Crippen LogP contribution in [0.5, 0.6) is 11.6 Å². The molecule has 1 amide bonds. The molecule has 8 nitrogen and oxygen atoms in total. The van der Waals surface area contributed by atoms with E-state index in [2.05, 4.69) is 9.97 Å². The summed E-state index contributed by atoms with van der Waals surface area (Å²) in [7, 11) is 0. The number of halogens is 1. The van der Waals surface area contributed by atoms with Gasteiger partial charge in [-0.1, -0.05) is 0 Å². The predicted molar refractivity (Wildman–Crippen MR) is 84.7 cm³/mol. The van der Waals surface area contributed by atoms with E-state index in [9.17, 15) is 9.18 Å². The van der Waals surface area contributed by atoms with Gasteiger partial charge in [0.1, 0.15) is 17.4 Å². The van der Waals surface area contributed by atoms with E-state index in [4.69, 9.17) is 15.6 Å². The number of benzene rings is 1. The average molecular weight is 333 g/mol. The van der Waals surface area contributed by atoms with E-state index in [1.54, 1.807) is 0 Å². The summed E-state index contributed by atoms with van der Waals surface area (Å²) in [6.07, 6.45) is -0.941. The SMILES string of the molecule is Nc1cc(Oc2ccc(F)cc2)nc(N2CCN(C(=O)O)CC2)n1. The van der Waals surface area contributed by atoms with Crippen LogP contribution in [0.15, 0.2) is 30.3 Å². The molecule has 1 aromatic carbocycles. The highest BCUT2D eigenvalue weighted by Gasteiger charge is 2.22. The number of hydrogen-bond acceptors (Lipinski definition) is 6. The van der Waals surface area contributed by atoms with E-state index >= 15 is 0 Å². The van der Waals surface area contributed by atoms with Gasteiger partial charge >= 0.3 is 6.09 Å². The fourth-order valence-corrected chi connectivity index (χ4v) is 2.34. The third kappa shape index (κ3) is 3.62. The fraction of sp³-hybridized carbons (Fsp3) is 0.267. The van der Waals surface area contributed by atoms with Gasteiger partial charge in [0, 0.05) is 32.2 Å². The normalized spacial score (nSPS) is 14.5. The number of carbonyl (C=O) groups is 1. The second-order valence-corrected chi connectivity index (χ2v) is 5.24. The van der Waals surface area contributed by atoms with Crippen LogP contribution in [0.25, 0.3) is 0 Å². The van der Waals surface area contributed by atoms with Gasteiger partial charge in [0.15, 0.2) is 0 Å². The van der Waals surface area contributed by atoms with Gasteiger partial charge in [0.05, 0.1) is 0 Å². The molecule has 0 bridgehead atoms. The summed E-state index contributed by atoms with van der Waals surface area (Å²) in [6.45, 7) is 1.65. The standard InChI is InChI=1S/C15H16FN5O3/c16-10-1-3-11(4-2-10)24-13-9-12(17)18-14(19-13)20-5-7-21(8-6-20)15(22)23/h1-4,9H,5-8H2,(H,22,23)(H2,17,18,19). The molecule has 0 spiro atoms. The van der Waals surface area contributed by atoms with Crippen LogP contribution >= 0.6 is 0 Å². The third-order valence-electron chi connectivity index (χ3n) is 3.58. The first-order chi connectivity index (χ1) is 11.5. The van der Waals surface area contributed by atoms with Gasteiger partial charge in [-0.05, 0) is 24.3 Å². The van der Waals surface area contributed by atoms with Crippen molar-refractivity contribution in [2.24, 2.45) is 0 Å². The minimum atomic E-state index is -0.941. The highest BCUT2D eigenvalue weighted by Crippen LogP contribution is 2.24. The molecule has 2 aromatic rings. The zero-order valence-corrected chi connectivity index (χ0v) is 12.7. The van der Waals surface area contributed by atoms with Crippen LogP contribution in [-0.2, 0) is 0 Å². The first-order valence-corrected chi connectivity index (χ1v) is 7.32. The Morgan fingerprint density at radius 3 is 2.46 bits per heavy atom. The van der Waals surface area contributed by atoms with E-state index in [-0.39, 0.29) is 17.5 Å². The summed E-state index contributed by atoms with van der Waals surface area (Å²) in [4.78, 5) is 22.6. The maximum absolute atomic E-state index is 12.9. The van der Waals surface area contributed by atoms with Crippen molar-refractivity contribution in [3.8, 4) is 11.6 Å². The van der Waals surface area contributed by atoms with Crippen LogP contribution in [0.1, 0.15) is 0 Å². The molecule has 126 valence electrons. The molecule has 0 unspecified atom stereocenters. The molecule has 24 heavy (non-hydrogen) atoms. The minimum Gasteiger partial charge on any atom is -0.465 e. The molecule has 0 atom stereocenters. The zero-order valence-electron chi connectivity index (χ0n) is 12.7. The summed E-state index contributed by atoms with van der Waals surface area (Å²) < 4.78 is 18.5. The van der Waals surface area contributed by atoms with Gasteiger partial charge in [-0.25, -0.2) is 9.18 Å². The summed E-state index contributed by atoms with van der Waals surface area (Å²) in [5.41, 5.74) is 5.80. The quantitative estimate of drug-likeness (QED) is 0.882. The Morgan fingerprint density at radius 1 is 1.17 bits per heavy atom. The second kappa shape index (κ2) is 6.57. The maximum Gasteiger partial charge on any atom is 0.407 e. The van der Waals surface area contributed by atoms with Crippen LogP contribution in [0.4, 0.5) is 21.0 Å². The molecule has 9 heteroatoms. The molecule has 0 radical (unpaired) electrons. The van der Waals surface area contributed by atoms with E-state index in [1.165, 1.54) is 35.2 Å². The van der Waals surface area contributed by atoms with Gasteiger partial charge in [-0.15, -0.1) is 0 Å². The van der Waals surface area contributed by atoms with Gasteiger partial charge < -0.3 is 25.4 Å². The van der Waals surface area contributed by atoms with Crippen molar-refractivity contribution in [1.29, 1.82) is 0 Å². The molecule has 1 aliphatic rings. The summed E-state index contributed by atoms with van der Waals surface area (Å²) in [6, 6.07) is 7.01. The van der Waals surface area contributed by atoms with E-state index in [1.807, 2.05) is 4.90 Å². The van der Waals surface area contributed by atoms with Crippen molar-refractivity contribution in [1.82, 2.24) is 14.9 Å². The van der Waals surface area contributed by atoms with Gasteiger partial charge in [0.2, 0.25) is 11.8 Å². The number of aromatic nitrogens is 2. The Kier molecular flexibility index (Phi) is 4.32. The third-order valence-corrected chi connectivity index (χ3v) is 3.58. The number of ether oxygens (including phenoxy) is 1. The first kappa shape index (κ1) is 15.8. The highest BCUT2D eigenvalue weighted by molar-refractivity contribution is 5.65. The lowest BCUT2D eigenvalue weighted by Gasteiger charge is -2.33. The van der Waals surface area contributed by atoms with Gasteiger partial charge in [-0.2, -0.15) is 9.97 Å². The topological polar surface area (TPSA) is 105 Å². The molecule has 1 aliphatic heterocycles. The summed E-state index contributed by atoms with van der Waals surface area (Å²) in [5.74, 6) is 0.914. The van der Waals surface area contributed by atoms with Crippen LogP contribution in [-0.4, -0.2) is 52.2 Å². The summed E-state index contributed by atoms with van der Waals surface area (Å²) in [5, 5.41) is 8.98. The largest absolute Gasteiger partial charge is 0.465 e. The molecule has 1 aromatic heterocycles. The Balaban J connectivity index is 1.74. The van der Waals surface area contributed by atoms with E-state index < -0.39 is 6.09 Å². The van der Waals surface area contributed by atoms with Crippen LogP contribution in [0.3, 0.4) is 0 Å². The Labute approximate surface area is 137 Å². The zero-order chi connectivity index (χ0) is 17.1. The number of anilines is 2. The molecule has 1 fully saturated rings. The maximum atomic E-state index is 12.9. The van der Waals surface area contributed by atoms with E-state index in [0.717, 1.165) is 0 Å². The fourth-order valence-electron chi connectivity index (χ4n) is 2.34. The van der Waals surface area contributed by atoms with Crippen molar-refractivity contribution in [3.63, 3.8) is 0 Å². The molecule has 2 heterocycles. The second-order valence-electron chi connectivity index (χ2n) is 5.24.